The zero-order valence-electron chi connectivity index (χ0n) is 25.4. The SMILES string of the molecule is COC(=O)c1ccc2c(c1)C1CC3(C(=O)C4C5CCC4CC(C)C5)CC3c3c(OC)cccc3C1=C2C1CCCCC1. The average Bonchev–Trinajstić information content (AvgIpc) is 3.59. The van der Waals surface area contributed by atoms with E-state index >= 15 is 4.79 Å². The number of rotatable bonds is 5. The standard InChI is InChI=1S/C38H44O4/c1-21-16-23-12-13-24(17-21)32(23)36(39)38-19-29-28-18-25(37(40)42-3)14-15-26(28)33(22-8-5-4-6-9-22)34(29)27-10-7-11-31(41-2)35(27)30(38)20-38/h7,10-11,14-15,18,21-24,29-30,32H,4-6,8-9,12-13,16-17,19-20H2,1-3H3. The first kappa shape index (κ1) is 26.7. The van der Waals surface area contributed by atoms with Gasteiger partial charge in [-0.1, -0.05) is 44.4 Å². The van der Waals surface area contributed by atoms with Gasteiger partial charge in [-0.2, -0.15) is 0 Å². The highest BCUT2D eigenvalue weighted by Gasteiger charge is 2.67. The van der Waals surface area contributed by atoms with Gasteiger partial charge in [-0.15, -0.1) is 0 Å². The van der Waals surface area contributed by atoms with Crippen LogP contribution in [0, 0.1) is 35.0 Å². The van der Waals surface area contributed by atoms with Gasteiger partial charge in [0.25, 0.3) is 0 Å². The maximum Gasteiger partial charge on any atom is 0.337 e. The van der Waals surface area contributed by atoms with E-state index in [0.717, 1.165) is 24.5 Å². The van der Waals surface area contributed by atoms with Crippen LogP contribution in [-0.2, 0) is 9.53 Å². The van der Waals surface area contributed by atoms with Crippen molar-refractivity contribution < 1.29 is 19.1 Å². The summed E-state index contributed by atoms with van der Waals surface area (Å²) in [6.45, 7) is 2.38. The van der Waals surface area contributed by atoms with Gasteiger partial charge in [0, 0.05) is 28.7 Å². The van der Waals surface area contributed by atoms with E-state index in [-0.39, 0.29) is 29.1 Å². The van der Waals surface area contributed by atoms with Gasteiger partial charge in [0.2, 0.25) is 0 Å². The summed E-state index contributed by atoms with van der Waals surface area (Å²) in [5.41, 5.74) is 8.29. The van der Waals surface area contributed by atoms with Crippen molar-refractivity contribution in [2.45, 2.75) is 89.4 Å². The zero-order valence-corrected chi connectivity index (χ0v) is 25.4. The van der Waals surface area contributed by atoms with Gasteiger partial charge >= 0.3 is 5.97 Å². The molecule has 0 aliphatic heterocycles. The largest absolute Gasteiger partial charge is 0.496 e. The topological polar surface area (TPSA) is 52.6 Å². The van der Waals surface area contributed by atoms with Gasteiger partial charge < -0.3 is 9.47 Å². The summed E-state index contributed by atoms with van der Waals surface area (Å²) >= 11 is 0. The highest BCUT2D eigenvalue weighted by Crippen LogP contribution is 2.73. The fourth-order valence-electron chi connectivity index (χ4n) is 10.8. The van der Waals surface area contributed by atoms with E-state index in [1.807, 2.05) is 6.07 Å². The third-order valence-corrected chi connectivity index (χ3v) is 12.5. The van der Waals surface area contributed by atoms with Crippen LogP contribution < -0.4 is 4.74 Å². The lowest BCUT2D eigenvalue weighted by Gasteiger charge is -2.36. The Labute approximate surface area is 250 Å². The maximum absolute atomic E-state index is 15.0. The number of benzene rings is 2. The molecule has 5 atom stereocenters. The molecule has 4 nitrogen and oxygen atoms in total. The number of hydrogen-bond donors (Lipinski definition) is 0. The molecule has 0 radical (unpaired) electrons. The first-order chi connectivity index (χ1) is 20.4. The number of fused-ring (bicyclic) bond motifs is 9. The van der Waals surface area contributed by atoms with Crippen molar-refractivity contribution in [2.75, 3.05) is 14.2 Å². The number of esters is 1. The number of Topliss-reactive ketones (excluding diaryl/α,β-unsaturated/α-hetero) is 1. The number of hydrogen-bond acceptors (Lipinski definition) is 4. The Balaban J connectivity index is 1.32. The van der Waals surface area contributed by atoms with Gasteiger partial charge in [-0.05, 0) is 121 Å². The molecule has 4 saturated carbocycles. The van der Waals surface area contributed by atoms with Gasteiger partial charge in [0.1, 0.15) is 11.5 Å². The van der Waals surface area contributed by atoms with Gasteiger partial charge in [-0.3, -0.25) is 4.79 Å². The van der Waals surface area contributed by atoms with Crippen LogP contribution >= 0.6 is 0 Å². The minimum Gasteiger partial charge on any atom is -0.496 e. The number of carbonyl (C=O) groups excluding carboxylic acids is 2. The van der Waals surface area contributed by atoms with Crippen molar-refractivity contribution >= 4 is 22.9 Å². The molecule has 6 aliphatic rings. The van der Waals surface area contributed by atoms with Gasteiger partial charge in [-0.25, -0.2) is 4.79 Å². The molecule has 8 rings (SSSR count). The van der Waals surface area contributed by atoms with Crippen LogP contribution in [0.4, 0.5) is 0 Å². The van der Waals surface area contributed by atoms with Crippen LogP contribution in [0.5, 0.6) is 5.75 Å². The van der Waals surface area contributed by atoms with Gasteiger partial charge in [0.05, 0.1) is 19.8 Å². The van der Waals surface area contributed by atoms with Crippen LogP contribution in [0.15, 0.2) is 36.4 Å². The zero-order chi connectivity index (χ0) is 28.7. The Hall–Kier alpha value is -2.88. The molecular weight excluding hydrogens is 520 g/mol. The third kappa shape index (κ3) is 3.78. The Morgan fingerprint density at radius 2 is 1.62 bits per heavy atom. The lowest BCUT2D eigenvalue weighted by Crippen LogP contribution is -2.37. The normalized spacial score (nSPS) is 34.5. The van der Waals surface area contributed by atoms with Crippen LogP contribution in [-0.4, -0.2) is 26.0 Å². The van der Waals surface area contributed by atoms with E-state index in [1.165, 1.54) is 98.3 Å². The minimum atomic E-state index is -0.345. The molecule has 4 heteroatoms. The minimum absolute atomic E-state index is 0.115. The first-order valence-electron chi connectivity index (χ1n) is 16.6. The van der Waals surface area contributed by atoms with E-state index in [9.17, 15) is 4.79 Å². The second kappa shape index (κ2) is 9.82. The fraction of sp³-hybridized carbons (Fsp3) is 0.579. The van der Waals surface area contributed by atoms with Crippen LogP contribution in [0.25, 0.3) is 11.1 Å². The van der Waals surface area contributed by atoms with Crippen molar-refractivity contribution in [1.29, 1.82) is 0 Å². The molecule has 5 unspecified atom stereocenters. The van der Waals surface area contributed by atoms with Crippen molar-refractivity contribution in [3.05, 3.63) is 64.2 Å². The monoisotopic (exact) mass is 564 g/mol. The molecule has 0 aromatic heterocycles. The molecule has 0 heterocycles. The molecule has 6 aliphatic carbocycles. The van der Waals surface area contributed by atoms with E-state index in [1.54, 1.807) is 7.11 Å². The summed E-state index contributed by atoms with van der Waals surface area (Å²) in [5.74, 6) is 4.11. The quantitative estimate of drug-likeness (QED) is 0.341. The molecule has 0 N–H and O–H groups in total. The lowest BCUT2D eigenvalue weighted by atomic mass is 9.67. The maximum atomic E-state index is 15.0. The highest BCUT2D eigenvalue weighted by atomic mass is 16.5. The Bertz CT molecular complexity index is 1480. The molecule has 42 heavy (non-hydrogen) atoms. The van der Waals surface area contributed by atoms with Crippen molar-refractivity contribution in [1.82, 2.24) is 0 Å². The van der Waals surface area contributed by atoms with E-state index in [0.29, 0.717) is 29.1 Å². The summed E-state index contributed by atoms with van der Waals surface area (Å²) < 4.78 is 11.2. The molecule has 2 aromatic rings. The third-order valence-electron chi connectivity index (χ3n) is 12.5. The number of allylic oxidation sites excluding steroid dienone is 2. The molecule has 0 amide bonds. The molecule has 2 aromatic carbocycles. The molecule has 2 bridgehead atoms. The van der Waals surface area contributed by atoms with Gasteiger partial charge in [0.15, 0.2) is 0 Å². The number of ketones is 1. The molecular formula is C38H44O4. The van der Waals surface area contributed by atoms with Crippen molar-refractivity contribution in [3.8, 4) is 5.75 Å². The summed E-state index contributed by atoms with van der Waals surface area (Å²) in [5, 5.41) is 0. The summed E-state index contributed by atoms with van der Waals surface area (Å²) in [7, 11) is 3.25. The molecule has 0 saturated heterocycles. The fourth-order valence-corrected chi connectivity index (χ4v) is 10.8. The number of ether oxygens (including phenoxy) is 2. The summed E-state index contributed by atoms with van der Waals surface area (Å²) in [4.78, 5) is 27.8. The average molecular weight is 565 g/mol. The van der Waals surface area contributed by atoms with E-state index in [2.05, 4.69) is 37.3 Å². The Morgan fingerprint density at radius 1 is 0.857 bits per heavy atom. The Morgan fingerprint density at radius 3 is 2.33 bits per heavy atom. The Kier molecular flexibility index (Phi) is 6.25. The van der Waals surface area contributed by atoms with E-state index < -0.39 is 0 Å². The smallest absolute Gasteiger partial charge is 0.337 e. The van der Waals surface area contributed by atoms with Crippen LogP contribution in [0.3, 0.4) is 0 Å². The van der Waals surface area contributed by atoms with Crippen LogP contribution in [0.1, 0.15) is 122 Å². The molecule has 4 fully saturated rings. The molecule has 0 spiro atoms. The van der Waals surface area contributed by atoms with Crippen LogP contribution in [0.2, 0.25) is 0 Å². The highest BCUT2D eigenvalue weighted by molar-refractivity contribution is 6.05. The van der Waals surface area contributed by atoms with Crippen molar-refractivity contribution in [2.24, 2.45) is 35.0 Å². The second-order valence-electron chi connectivity index (χ2n) is 14.6. The second-order valence-corrected chi connectivity index (χ2v) is 14.6. The molecule has 220 valence electrons. The number of carbonyl (C=O) groups is 2. The van der Waals surface area contributed by atoms with E-state index in [4.69, 9.17) is 9.47 Å². The summed E-state index contributed by atoms with van der Waals surface area (Å²) in [6.07, 6.45) is 12.9. The lowest BCUT2D eigenvalue weighted by molar-refractivity contribution is -0.132. The number of methoxy groups -OCH3 is 2. The predicted octanol–water partition coefficient (Wildman–Crippen LogP) is 8.59. The first-order valence-corrected chi connectivity index (χ1v) is 16.6. The summed E-state index contributed by atoms with van der Waals surface area (Å²) in [6, 6.07) is 12.8. The van der Waals surface area contributed by atoms with Crippen molar-refractivity contribution in [3.63, 3.8) is 0 Å². The predicted molar refractivity (Wildman–Crippen MR) is 164 cm³/mol.